The SMILES string of the molecule is CCc1nn(C)cc1CNc1ccc(C(F)(F)F)cc1C#N. The fourth-order valence-corrected chi connectivity index (χ4v) is 2.19. The van der Waals surface area contributed by atoms with Gasteiger partial charge in [0, 0.05) is 25.4 Å². The third-order valence-electron chi connectivity index (χ3n) is 3.26. The summed E-state index contributed by atoms with van der Waals surface area (Å²) in [6.45, 7) is 2.38. The van der Waals surface area contributed by atoms with Gasteiger partial charge in [-0.2, -0.15) is 23.5 Å². The molecule has 7 heteroatoms. The number of rotatable bonds is 4. The number of nitrogens with one attached hydrogen (secondary N) is 1. The van der Waals surface area contributed by atoms with Crippen LogP contribution in [0.15, 0.2) is 24.4 Å². The van der Waals surface area contributed by atoms with Crippen LogP contribution in [0.5, 0.6) is 0 Å². The maximum Gasteiger partial charge on any atom is 0.416 e. The maximum atomic E-state index is 12.6. The van der Waals surface area contributed by atoms with Crippen LogP contribution in [0.3, 0.4) is 0 Å². The molecule has 0 aliphatic rings. The summed E-state index contributed by atoms with van der Waals surface area (Å²) in [5.74, 6) is 0. The molecule has 0 spiro atoms. The second-order valence-electron chi connectivity index (χ2n) is 4.85. The van der Waals surface area contributed by atoms with Crippen LogP contribution in [0.1, 0.15) is 29.3 Å². The number of anilines is 1. The number of aryl methyl sites for hydroxylation is 2. The average Bonchev–Trinajstić information content (AvgIpc) is 2.84. The molecule has 0 fully saturated rings. The molecule has 22 heavy (non-hydrogen) atoms. The van der Waals surface area contributed by atoms with Gasteiger partial charge in [-0.3, -0.25) is 4.68 Å². The van der Waals surface area contributed by atoms with Gasteiger partial charge in [-0.05, 0) is 24.6 Å². The van der Waals surface area contributed by atoms with Crippen molar-refractivity contribution in [2.75, 3.05) is 5.32 Å². The summed E-state index contributed by atoms with van der Waals surface area (Å²) in [5.41, 5.74) is 1.39. The molecule has 0 amide bonds. The van der Waals surface area contributed by atoms with E-state index in [2.05, 4.69) is 10.4 Å². The lowest BCUT2D eigenvalue weighted by Crippen LogP contribution is -2.07. The lowest BCUT2D eigenvalue weighted by Gasteiger charge is -2.11. The molecule has 2 rings (SSSR count). The first-order chi connectivity index (χ1) is 10.3. The highest BCUT2D eigenvalue weighted by Crippen LogP contribution is 2.31. The molecule has 116 valence electrons. The summed E-state index contributed by atoms with van der Waals surface area (Å²) in [7, 11) is 1.81. The molecular formula is C15H15F3N4. The van der Waals surface area contributed by atoms with E-state index in [-0.39, 0.29) is 5.56 Å². The molecule has 0 unspecified atom stereocenters. The zero-order chi connectivity index (χ0) is 16.3. The van der Waals surface area contributed by atoms with Gasteiger partial charge >= 0.3 is 6.18 Å². The van der Waals surface area contributed by atoms with E-state index in [4.69, 9.17) is 5.26 Å². The molecule has 1 N–H and O–H groups in total. The van der Waals surface area contributed by atoms with E-state index in [1.54, 1.807) is 10.8 Å². The van der Waals surface area contributed by atoms with Crippen molar-refractivity contribution >= 4 is 5.69 Å². The average molecular weight is 308 g/mol. The van der Waals surface area contributed by atoms with Crippen molar-refractivity contribution < 1.29 is 13.2 Å². The number of hydrogen-bond donors (Lipinski definition) is 1. The van der Waals surface area contributed by atoms with E-state index in [1.165, 1.54) is 6.07 Å². The van der Waals surface area contributed by atoms with Gasteiger partial charge in [0.05, 0.1) is 22.5 Å². The highest BCUT2D eigenvalue weighted by atomic mass is 19.4. The van der Waals surface area contributed by atoms with E-state index in [9.17, 15) is 13.2 Å². The van der Waals surface area contributed by atoms with Gasteiger partial charge in [-0.1, -0.05) is 6.92 Å². The summed E-state index contributed by atoms with van der Waals surface area (Å²) >= 11 is 0. The second-order valence-corrected chi connectivity index (χ2v) is 4.85. The monoisotopic (exact) mass is 308 g/mol. The molecular weight excluding hydrogens is 293 g/mol. The van der Waals surface area contributed by atoms with E-state index in [0.29, 0.717) is 12.2 Å². The van der Waals surface area contributed by atoms with Crippen molar-refractivity contribution in [2.45, 2.75) is 26.1 Å². The minimum Gasteiger partial charge on any atom is -0.380 e. The quantitative estimate of drug-likeness (QED) is 0.940. The number of alkyl halides is 3. The highest BCUT2D eigenvalue weighted by molar-refractivity contribution is 5.59. The van der Waals surface area contributed by atoms with Crippen LogP contribution in [0.4, 0.5) is 18.9 Å². The first-order valence-electron chi connectivity index (χ1n) is 6.71. The van der Waals surface area contributed by atoms with Gasteiger partial charge in [0.15, 0.2) is 0 Å². The molecule has 1 aromatic heterocycles. The predicted octanol–water partition coefficient (Wildman–Crippen LogP) is 3.49. The van der Waals surface area contributed by atoms with Crippen LogP contribution in [-0.2, 0) is 26.2 Å². The molecule has 0 aliphatic heterocycles. The van der Waals surface area contributed by atoms with Crippen molar-refractivity contribution in [2.24, 2.45) is 7.05 Å². The standard InChI is InChI=1S/C15H15F3N4/c1-3-13-11(9-22(2)21-13)8-20-14-5-4-12(15(16,17)18)6-10(14)7-19/h4-6,9,20H,3,8H2,1-2H3. The maximum absolute atomic E-state index is 12.6. The minimum atomic E-state index is -4.46. The summed E-state index contributed by atoms with van der Waals surface area (Å²) in [6, 6.07) is 4.89. The Hall–Kier alpha value is -2.49. The van der Waals surface area contributed by atoms with Gasteiger partial charge in [-0.15, -0.1) is 0 Å². The van der Waals surface area contributed by atoms with E-state index < -0.39 is 11.7 Å². The molecule has 0 radical (unpaired) electrons. The predicted molar refractivity (Wildman–Crippen MR) is 76.1 cm³/mol. The summed E-state index contributed by atoms with van der Waals surface area (Å²) in [4.78, 5) is 0. The molecule has 0 aliphatic carbocycles. The molecule has 0 atom stereocenters. The number of hydrogen-bond acceptors (Lipinski definition) is 3. The van der Waals surface area contributed by atoms with Crippen molar-refractivity contribution in [1.82, 2.24) is 9.78 Å². The van der Waals surface area contributed by atoms with Crippen LogP contribution in [-0.4, -0.2) is 9.78 Å². The van der Waals surface area contributed by atoms with E-state index >= 15 is 0 Å². The molecule has 0 bridgehead atoms. The normalized spacial score (nSPS) is 11.3. The van der Waals surface area contributed by atoms with Crippen LogP contribution >= 0.6 is 0 Å². The molecule has 0 saturated carbocycles. The van der Waals surface area contributed by atoms with Gasteiger partial charge in [0.25, 0.3) is 0 Å². The number of nitrogens with zero attached hydrogens (tertiary/aromatic N) is 3. The third-order valence-corrected chi connectivity index (χ3v) is 3.26. The molecule has 2 aromatic rings. The lowest BCUT2D eigenvalue weighted by molar-refractivity contribution is -0.137. The Balaban J connectivity index is 2.21. The first kappa shape index (κ1) is 15.9. The van der Waals surface area contributed by atoms with Gasteiger partial charge in [-0.25, -0.2) is 0 Å². The lowest BCUT2D eigenvalue weighted by atomic mass is 10.1. The molecule has 0 saturated heterocycles. The van der Waals surface area contributed by atoms with E-state index in [1.807, 2.05) is 20.2 Å². The Morgan fingerprint density at radius 3 is 2.68 bits per heavy atom. The van der Waals surface area contributed by atoms with E-state index in [0.717, 1.165) is 29.8 Å². The largest absolute Gasteiger partial charge is 0.416 e. The summed E-state index contributed by atoms with van der Waals surface area (Å²) in [6.07, 6.45) is -1.85. The van der Waals surface area contributed by atoms with Crippen LogP contribution < -0.4 is 5.32 Å². The zero-order valence-electron chi connectivity index (χ0n) is 12.2. The van der Waals surface area contributed by atoms with Crippen molar-refractivity contribution in [3.05, 3.63) is 46.8 Å². The number of aromatic nitrogens is 2. The Kier molecular flexibility index (Phi) is 4.40. The van der Waals surface area contributed by atoms with Crippen LogP contribution in [0.25, 0.3) is 0 Å². The Labute approximate surface area is 126 Å². The Bertz CT molecular complexity index is 711. The van der Waals surface area contributed by atoms with Crippen LogP contribution in [0.2, 0.25) is 0 Å². The van der Waals surface area contributed by atoms with Crippen molar-refractivity contribution in [1.29, 1.82) is 5.26 Å². The Morgan fingerprint density at radius 2 is 2.09 bits per heavy atom. The fourth-order valence-electron chi connectivity index (χ4n) is 2.19. The minimum absolute atomic E-state index is 0.0308. The van der Waals surface area contributed by atoms with Gasteiger partial charge in [0.1, 0.15) is 6.07 Å². The second kappa shape index (κ2) is 6.10. The molecule has 4 nitrogen and oxygen atoms in total. The van der Waals surface area contributed by atoms with Gasteiger partial charge in [0.2, 0.25) is 0 Å². The Morgan fingerprint density at radius 1 is 1.36 bits per heavy atom. The van der Waals surface area contributed by atoms with Crippen molar-refractivity contribution in [3.63, 3.8) is 0 Å². The summed E-state index contributed by atoms with van der Waals surface area (Å²) < 4.78 is 39.6. The van der Waals surface area contributed by atoms with Crippen molar-refractivity contribution in [3.8, 4) is 6.07 Å². The van der Waals surface area contributed by atoms with Crippen LogP contribution in [0, 0.1) is 11.3 Å². The zero-order valence-corrected chi connectivity index (χ0v) is 12.2. The third kappa shape index (κ3) is 3.39. The summed E-state index contributed by atoms with van der Waals surface area (Å²) in [5, 5.41) is 16.3. The number of benzene rings is 1. The number of halogens is 3. The smallest absolute Gasteiger partial charge is 0.380 e. The molecule has 1 heterocycles. The topological polar surface area (TPSA) is 53.6 Å². The van der Waals surface area contributed by atoms with Gasteiger partial charge < -0.3 is 5.32 Å². The highest BCUT2D eigenvalue weighted by Gasteiger charge is 2.31. The molecule has 1 aromatic carbocycles. The first-order valence-corrected chi connectivity index (χ1v) is 6.71. The fraction of sp³-hybridized carbons (Fsp3) is 0.333. The number of nitriles is 1.